The Labute approximate surface area is 233 Å². The number of aryl methyl sites for hydroxylation is 2. The molecule has 0 atom stereocenters. The number of halogens is 1. The first-order chi connectivity index (χ1) is 18.6. The van der Waals surface area contributed by atoms with Crippen LogP contribution < -0.4 is 5.32 Å². The molecule has 0 aliphatic heterocycles. The number of sulfonamides is 1. The van der Waals surface area contributed by atoms with E-state index in [9.17, 15) is 18.5 Å². The molecule has 0 radical (unpaired) electrons. The number of nitrogens with zero attached hydrogens (tertiary/aromatic N) is 2. The Hall–Kier alpha value is -4.16. The quantitative estimate of drug-likeness (QED) is 0.186. The van der Waals surface area contributed by atoms with Crippen molar-refractivity contribution < 1.29 is 17.6 Å². The lowest BCUT2D eigenvalue weighted by Gasteiger charge is -2.21. The summed E-state index contributed by atoms with van der Waals surface area (Å²) in [6.45, 7) is 3.95. The fourth-order valence-corrected chi connectivity index (χ4v) is 5.26. The fourth-order valence-electron chi connectivity index (χ4n) is 3.74. The van der Waals surface area contributed by atoms with Crippen molar-refractivity contribution in [1.29, 1.82) is 5.26 Å². The highest BCUT2D eigenvalue weighted by Crippen LogP contribution is 2.24. The number of furan rings is 1. The van der Waals surface area contributed by atoms with Gasteiger partial charge in [0.15, 0.2) is 0 Å². The average molecular weight is 560 g/mol. The number of rotatable bonds is 9. The summed E-state index contributed by atoms with van der Waals surface area (Å²) >= 11 is 5.87. The Morgan fingerprint density at radius 1 is 0.923 bits per heavy atom. The molecule has 9 heteroatoms. The molecule has 0 aliphatic rings. The molecule has 4 aromatic rings. The zero-order valence-electron chi connectivity index (χ0n) is 21.4. The van der Waals surface area contributed by atoms with E-state index in [1.807, 2.05) is 44.2 Å². The smallest absolute Gasteiger partial charge is 0.266 e. The number of anilines is 1. The summed E-state index contributed by atoms with van der Waals surface area (Å²) in [4.78, 5) is 12.8. The second-order valence-corrected chi connectivity index (χ2v) is 11.4. The van der Waals surface area contributed by atoms with E-state index >= 15 is 0 Å². The van der Waals surface area contributed by atoms with E-state index < -0.39 is 15.9 Å². The standard InChI is InChI=1S/C30H26ClN3O4S/c1-21-3-7-23(8-4-21)19-34(39(36,37)29-15-5-22(2)6-16-29)20-28-14-13-27(38-28)17-24(18-32)30(35)33-26-11-9-25(31)10-12-26/h3-17H,19-20H2,1-2H3,(H,33,35)/b24-17-. The normalized spacial score (nSPS) is 11.8. The van der Waals surface area contributed by atoms with Gasteiger partial charge < -0.3 is 9.73 Å². The molecular weight excluding hydrogens is 534 g/mol. The van der Waals surface area contributed by atoms with Crippen molar-refractivity contribution in [2.45, 2.75) is 31.8 Å². The maximum Gasteiger partial charge on any atom is 0.266 e. The van der Waals surface area contributed by atoms with Crippen LogP contribution in [0.25, 0.3) is 6.08 Å². The topological polar surface area (TPSA) is 103 Å². The lowest BCUT2D eigenvalue weighted by atomic mass is 10.1. The van der Waals surface area contributed by atoms with Gasteiger partial charge in [-0.25, -0.2) is 8.42 Å². The van der Waals surface area contributed by atoms with E-state index in [0.717, 1.165) is 16.7 Å². The summed E-state index contributed by atoms with van der Waals surface area (Å²) in [6, 6.07) is 25.9. The molecule has 1 aromatic heterocycles. The van der Waals surface area contributed by atoms with Crippen molar-refractivity contribution in [3.05, 3.63) is 124 Å². The lowest BCUT2D eigenvalue weighted by Crippen LogP contribution is -2.30. The highest BCUT2D eigenvalue weighted by Gasteiger charge is 2.26. The average Bonchev–Trinajstić information content (AvgIpc) is 3.36. The van der Waals surface area contributed by atoms with E-state index in [2.05, 4.69) is 5.32 Å². The molecule has 0 unspecified atom stereocenters. The van der Waals surface area contributed by atoms with E-state index in [4.69, 9.17) is 16.0 Å². The second kappa shape index (κ2) is 12.1. The molecule has 4 rings (SSSR count). The molecule has 3 aromatic carbocycles. The van der Waals surface area contributed by atoms with Crippen molar-refractivity contribution >= 4 is 39.3 Å². The Morgan fingerprint density at radius 2 is 1.54 bits per heavy atom. The van der Waals surface area contributed by atoms with Crippen molar-refractivity contribution in [3.8, 4) is 6.07 Å². The molecular formula is C30H26ClN3O4S. The van der Waals surface area contributed by atoms with Crippen LogP contribution in [-0.4, -0.2) is 18.6 Å². The van der Waals surface area contributed by atoms with Gasteiger partial charge in [-0.1, -0.05) is 59.1 Å². The third-order valence-electron chi connectivity index (χ3n) is 5.91. The highest BCUT2D eigenvalue weighted by atomic mass is 35.5. The first-order valence-electron chi connectivity index (χ1n) is 12.0. The van der Waals surface area contributed by atoms with Crippen LogP contribution in [0.2, 0.25) is 5.02 Å². The van der Waals surface area contributed by atoms with Crippen LogP contribution in [0.4, 0.5) is 5.69 Å². The Kier molecular flexibility index (Phi) is 8.67. The summed E-state index contributed by atoms with van der Waals surface area (Å²) in [7, 11) is -3.86. The molecule has 198 valence electrons. The third-order valence-corrected chi connectivity index (χ3v) is 7.96. The highest BCUT2D eigenvalue weighted by molar-refractivity contribution is 7.89. The van der Waals surface area contributed by atoms with Crippen LogP contribution in [0.3, 0.4) is 0 Å². The minimum atomic E-state index is -3.86. The van der Waals surface area contributed by atoms with Crippen molar-refractivity contribution in [2.75, 3.05) is 5.32 Å². The van der Waals surface area contributed by atoms with Crippen LogP contribution >= 0.6 is 11.6 Å². The van der Waals surface area contributed by atoms with Crippen molar-refractivity contribution in [3.63, 3.8) is 0 Å². The number of carbonyl (C=O) groups is 1. The Morgan fingerprint density at radius 3 is 2.15 bits per heavy atom. The molecule has 0 fully saturated rings. The monoisotopic (exact) mass is 559 g/mol. The first kappa shape index (κ1) is 27.9. The molecule has 0 aliphatic carbocycles. The summed E-state index contributed by atoms with van der Waals surface area (Å²) in [5.74, 6) is -0.00371. The predicted octanol–water partition coefficient (Wildman–Crippen LogP) is 6.49. The van der Waals surface area contributed by atoms with Crippen molar-refractivity contribution in [2.24, 2.45) is 0 Å². The second-order valence-electron chi connectivity index (χ2n) is 9.01. The molecule has 39 heavy (non-hydrogen) atoms. The van der Waals surface area contributed by atoms with Gasteiger partial charge in [0.05, 0.1) is 11.4 Å². The van der Waals surface area contributed by atoms with Crippen LogP contribution in [0.15, 0.2) is 99.8 Å². The minimum absolute atomic E-state index is 0.0449. The van der Waals surface area contributed by atoms with Gasteiger partial charge in [-0.15, -0.1) is 0 Å². The molecule has 0 saturated carbocycles. The first-order valence-corrected chi connectivity index (χ1v) is 13.9. The Bertz CT molecular complexity index is 1630. The maximum atomic E-state index is 13.6. The number of hydrogen-bond donors (Lipinski definition) is 1. The molecule has 1 N–H and O–H groups in total. The number of nitriles is 1. The lowest BCUT2D eigenvalue weighted by molar-refractivity contribution is -0.112. The van der Waals surface area contributed by atoms with Crippen LogP contribution in [0, 0.1) is 25.2 Å². The van der Waals surface area contributed by atoms with E-state index in [0.29, 0.717) is 16.5 Å². The molecule has 0 bridgehead atoms. The van der Waals surface area contributed by atoms with Gasteiger partial charge >= 0.3 is 0 Å². The summed E-state index contributed by atoms with van der Waals surface area (Å²) in [5, 5.41) is 12.7. The number of benzene rings is 3. The van der Waals surface area contributed by atoms with Gasteiger partial charge in [-0.3, -0.25) is 4.79 Å². The summed E-state index contributed by atoms with van der Waals surface area (Å²) < 4.78 is 34.4. The van der Waals surface area contributed by atoms with E-state index in [-0.39, 0.29) is 29.3 Å². The van der Waals surface area contributed by atoms with Crippen molar-refractivity contribution in [1.82, 2.24) is 4.31 Å². The van der Waals surface area contributed by atoms with Gasteiger partial charge in [0.2, 0.25) is 10.0 Å². The van der Waals surface area contributed by atoms with Crippen LogP contribution in [0.1, 0.15) is 28.2 Å². The Balaban J connectivity index is 1.57. The maximum absolute atomic E-state index is 13.6. The van der Waals surface area contributed by atoms with Crippen LogP contribution in [-0.2, 0) is 27.9 Å². The molecule has 1 heterocycles. The van der Waals surface area contributed by atoms with Gasteiger partial charge in [-0.05, 0) is 67.9 Å². The number of amides is 1. The number of carbonyl (C=O) groups excluding carboxylic acids is 1. The molecule has 0 spiro atoms. The third kappa shape index (κ3) is 7.24. The summed E-state index contributed by atoms with van der Waals surface area (Å²) in [5.41, 5.74) is 3.17. The molecule has 0 saturated heterocycles. The summed E-state index contributed by atoms with van der Waals surface area (Å²) in [6.07, 6.45) is 1.31. The van der Waals surface area contributed by atoms with E-state index in [1.165, 1.54) is 10.4 Å². The van der Waals surface area contributed by atoms with Crippen LogP contribution in [0.5, 0.6) is 0 Å². The number of hydrogen-bond acceptors (Lipinski definition) is 5. The zero-order valence-corrected chi connectivity index (χ0v) is 23.0. The predicted molar refractivity (Wildman–Crippen MR) is 151 cm³/mol. The SMILES string of the molecule is Cc1ccc(CN(Cc2ccc(/C=C(/C#N)C(=O)Nc3ccc(Cl)cc3)o2)S(=O)(=O)c2ccc(C)cc2)cc1. The minimum Gasteiger partial charge on any atom is -0.460 e. The number of nitrogens with one attached hydrogen (secondary N) is 1. The largest absolute Gasteiger partial charge is 0.460 e. The fraction of sp³-hybridized carbons (Fsp3) is 0.133. The van der Waals surface area contributed by atoms with Gasteiger partial charge in [0.1, 0.15) is 23.2 Å². The molecule has 1 amide bonds. The van der Waals surface area contributed by atoms with E-state index in [1.54, 1.807) is 60.7 Å². The van der Waals surface area contributed by atoms with Gasteiger partial charge in [-0.2, -0.15) is 9.57 Å². The van der Waals surface area contributed by atoms with Gasteiger partial charge in [0.25, 0.3) is 5.91 Å². The zero-order chi connectivity index (χ0) is 28.0. The molecule has 7 nitrogen and oxygen atoms in total. The van der Waals surface area contributed by atoms with Gasteiger partial charge in [0, 0.05) is 23.3 Å².